The summed E-state index contributed by atoms with van der Waals surface area (Å²) in [6.45, 7) is 4.14. The maximum atomic E-state index is 13.5. The highest BCUT2D eigenvalue weighted by Crippen LogP contribution is 2.33. The smallest absolute Gasteiger partial charge is 0.123 e. The Balaban J connectivity index is 1.79. The Kier molecular flexibility index (Phi) is 4.45. The second kappa shape index (κ2) is 6.32. The predicted molar refractivity (Wildman–Crippen MR) is 85.1 cm³/mol. The van der Waals surface area contributed by atoms with E-state index in [2.05, 4.69) is 22.2 Å². The fourth-order valence-corrected chi connectivity index (χ4v) is 4.07. The van der Waals surface area contributed by atoms with Crippen molar-refractivity contribution in [1.29, 1.82) is 0 Å². The fourth-order valence-electron chi connectivity index (χ4n) is 4.07. The average Bonchev–Trinajstić information content (AvgIpc) is 2.48. The Labute approximate surface area is 127 Å². The Morgan fingerprint density at radius 2 is 2.14 bits per heavy atom. The summed E-state index contributed by atoms with van der Waals surface area (Å²) in [6, 6.07) is 5.95. The van der Waals surface area contributed by atoms with Crippen molar-refractivity contribution in [3.63, 3.8) is 0 Å². The summed E-state index contributed by atoms with van der Waals surface area (Å²) in [5.74, 6) is 0.612. The molecule has 21 heavy (non-hydrogen) atoms. The number of rotatable bonds is 3. The number of nitrogens with zero attached hydrogens (tertiary/aromatic N) is 2. The highest BCUT2D eigenvalue weighted by molar-refractivity contribution is 5.54. The lowest BCUT2D eigenvalue weighted by Gasteiger charge is -2.47. The molecule has 2 aliphatic heterocycles. The van der Waals surface area contributed by atoms with E-state index in [-0.39, 0.29) is 5.82 Å². The topological polar surface area (TPSA) is 18.5 Å². The van der Waals surface area contributed by atoms with Gasteiger partial charge in [-0.2, -0.15) is 0 Å². The standard InChI is InChI=1S/C17H26FN3/c1-19-11-14-10-15(18)5-6-17(14)21-9-7-16-13(12-21)4-3-8-20(16)2/h5-6,10,13,16,19H,3-4,7-9,11-12H2,1-2H3. The summed E-state index contributed by atoms with van der Waals surface area (Å²) in [5, 5.41) is 3.15. The predicted octanol–water partition coefficient (Wildman–Crippen LogP) is 2.47. The molecule has 2 fully saturated rings. The molecule has 2 aliphatic rings. The first-order valence-corrected chi connectivity index (χ1v) is 8.07. The molecule has 1 aromatic rings. The van der Waals surface area contributed by atoms with Crippen LogP contribution in [0, 0.1) is 11.7 Å². The summed E-state index contributed by atoms with van der Waals surface area (Å²) < 4.78 is 13.5. The SMILES string of the molecule is CNCc1cc(F)ccc1N1CCC2C(CCCN2C)C1. The van der Waals surface area contributed by atoms with E-state index >= 15 is 0 Å². The molecule has 3 rings (SSSR count). The summed E-state index contributed by atoms with van der Waals surface area (Å²) >= 11 is 0. The first kappa shape index (κ1) is 14.8. The first-order chi connectivity index (χ1) is 10.2. The minimum absolute atomic E-state index is 0.142. The van der Waals surface area contributed by atoms with Gasteiger partial charge in [0, 0.05) is 31.4 Å². The van der Waals surface area contributed by atoms with Crippen molar-refractivity contribution in [2.24, 2.45) is 5.92 Å². The van der Waals surface area contributed by atoms with E-state index in [0.29, 0.717) is 0 Å². The molecule has 2 saturated heterocycles. The van der Waals surface area contributed by atoms with E-state index in [1.807, 2.05) is 13.1 Å². The first-order valence-electron chi connectivity index (χ1n) is 8.07. The van der Waals surface area contributed by atoms with Gasteiger partial charge in [0.15, 0.2) is 0 Å². The third-order valence-corrected chi connectivity index (χ3v) is 5.10. The molecule has 2 unspecified atom stereocenters. The monoisotopic (exact) mass is 291 g/mol. The van der Waals surface area contributed by atoms with Crippen LogP contribution in [0.15, 0.2) is 18.2 Å². The maximum absolute atomic E-state index is 13.5. The zero-order valence-electron chi connectivity index (χ0n) is 13.1. The molecule has 0 amide bonds. The maximum Gasteiger partial charge on any atom is 0.123 e. The van der Waals surface area contributed by atoms with Crippen LogP contribution in [-0.4, -0.2) is 44.7 Å². The molecule has 3 nitrogen and oxygen atoms in total. The van der Waals surface area contributed by atoms with Crippen molar-refractivity contribution in [2.45, 2.75) is 31.8 Å². The average molecular weight is 291 g/mol. The lowest BCUT2D eigenvalue weighted by atomic mass is 9.84. The third-order valence-electron chi connectivity index (χ3n) is 5.10. The highest BCUT2D eigenvalue weighted by Gasteiger charge is 2.34. The van der Waals surface area contributed by atoms with Crippen LogP contribution in [0.25, 0.3) is 0 Å². The van der Waals surface area contributed by atoms with Crippen molar-refractivity contribution in [2.75, 3.05) is 38.6 Å². The van der Waals surface area contributed by atoms with E-state index < -0.39 is 0 Å². The molecular formula is C17H26FN3. The zero-order chi connectivity index (χ0) is 14.8. The van der Waals surface area contributed by atoms with E-state index in [1.165, 1.54) is 31.5 Å². The van der Waals surface area contributed by atoms with Gasteiger partial charge in [0.25, 0.3) is 0 Å². The molecule has 2 atom stereocenters. The molecule has 0 saturated carbocycles. The van der Waals surface area contributed by atoms with Crippen LogP contribution in [0.3, 0.4) is 0 Å². The Hall–Kier alpha value is -1.13. The molecule has 0 radical (unpaired) electrons. The number of likely N-dealkylation sites (tertiary alicyclic amines) is 1. The van der Waals surface area contributed by atoms with Crippen molar-refractivity contribution in [3.05, 3.63) is 29.6 Å². The normalized spacial score (nSPS) is 26.7. The van der Waals surface area contributed by atoms with Gasteiger partial charge in [0.05, 0.1) is 0 Å². The summed E-state index contributed by atoms with van der Waals surface area (Å²) in [5.41, 5.74) is 2.28. The Bertz CT molecular complexity index is 491. The molecule has 116 valence electrons. The third kappa shape index (κ3) is 3.06. The number of nitrogens with one attached hydrogen (secondary N) is 1. The molecule has 2 heterocycles. The molecule has 0 spiro atoms. The van der Waals surface area contributed by atoms with E-state index in [0.717, 1.165) is 37.2 Å². The van der Waals surface area contributed by atoms with Gasteiger partial charge in [0.1, 0.15) is 5.82 Å². The molecule has 0 bridgehead atoms. The van der Waals surface area contributed by atoms with Crippen molar-refractivity contribution < 1.29 is 4.39 Å². The number of piperidine rings is 2. The van der Waals surface area contributed by atoms with Gasteiger partial charge >= 0.3 is 0 Å². The lowest BCUT2D eigenvalue weighted by molar-refractivity contribution is 0.102. The van der Waals surface area contributed by atoms with Crippen LogP contribution >= 0.6 is 0 Å². The van der Waals surface area contributed by atoms with E-state index in [1.54, 1.807) is 12.1 Å². The van der Waals surface area contributed by atoms with Crippen molar-refractivity contribution >= 4 is 5.69 Å². The van der Waals surface area contributed by atoms with E-state index in [4.69, 9.17) is 0 Å². The Morgan fingerprint density at radius 3 is 2.95 bits per heavy atom. The second-order valence-electron chi connectivity index (χ2n) is 6.49. The summed E-state index contributed by atoms with van der Waals surface area (Å²) in [6.07, 6.45) is 3.85. The molecular weight excluding hydrogens is 265 g/mol. The quantitative estimate of drug-likeness (QED) is 0.923. The summed E-state index contributed by atoms with van der Waals surface area (Å²) in [7, 11) is 4.17. The highest BCUT2D eigenvalue weighted by atomic mass is 19.1. The van der Waals surface area contributed by atoms with Crippen LogP contribution in [0.5, 0.6) is 0 Å². The van der Waals surface area contributed by atoms with Crippen LogP contribution in [0.4, 0.5) is 10.1 Å². The van der Waals surface area contributed by atoms with Gasteiger partial charge in [0.2, 0.25) is 0 Å². The Morgan fingerprint density at radius 1 is 1.29 bits per heavy atom. The molecule has 0 aromatic heterocycles. The second-order valence-corrected chi connectivity index (χ2v) is 6.49. The number of fused-ring (bicyclic) bond motifs is 1. The molecule has 0 aliphatic carbocycles. The number of hydrogen-bond donors (Lipinski definition) is 1. The van der Waals surface area contributed by atoms with Crippen LogP contribution in [-0.2, 0) is 6.54 Å². The van der Waals surface area contributed by atoms with Gasteiger partial charge in [-0.05, 0) is 69.6 Å². The largest absolute Gasteiger partial charge is 0.371 e. The van der Waals surface area contributed by atoms with Crippen LogP contribution < -0.4 is 10.2 Å². The van der Waals surface area contributed by atoms with E-state index in [9.17, 15) is 4.39 Å². The number of hydrogen-bond acceptors (Lipinski definition) is 3. The van der Waals surface area contributed by atoms with Gasteiger partial charge in [-0.3, -0.25) is 0 Å². The number of benzene rings is 1. The molecule has 1 aromatic carbocycles. The van der Waals surface area contributed by atoms with Gasteiger partial charge in [-0.25, -0.2) is 4.39 Å². The summed E-state index contributed by atoms with van der Waals surface area (Å²) in [4.78, 5) is 5.00. The zero-order valence-corrected chi connectivity index (χ0v) is 13.1. The minimum Gasteiger partial charge on any atom is -0.371 e. The van der Waals surface area contributed by atoms with Gasteiger partial charge in [-0.15, -0.1) is 0 Å². The number of anilines is 1. The lowest BCUT2D eigenvalue weighted by Crippen LogP contribution is -2.52. The van der Waals surface area contributed by atoms with Crippen molar-refractivity contribution in [3.8, 4) is 0 Å². The van der Waals surface area contributed by atoms with Crippen LogP contribution in [0.1, 0.15) is 24.8 Å². The molecule has 4 heteroatoms. The van der Waals surface area contributed by atoms with Crippen molar-refractivity contribution in [1.82, 2.24) is 10.2 Å². The molecule has 1 N–H and O–H groups in total. The fraction of sp³-hybridized carbons (Fsp3) is 0.647. The number of halogens is 1. The minimum atomic E-state index is -0.142. The van der Waals surface area contributed by atoms with Gasteiger partial charge in [-0.1, -0.05) is 0 Å². The van der Waals surface area contributed by atoms with Crippen LogP contribution in [0.2, 0.25) is 0 Å². The van der Waals surface area contributed by atoms with Gasteiger partial charge < -0.3 is 15.1 Å².